The molecule has 0 unspecified atom stereocenters. The van der Waals surface area contributed by atoms with Crippen LogP contribution in [0.4, 0.5) is 5.69 Å². The highest BCUT2D eigenvalue weighted by Crippen LogP contribution is 2.34. The van der Waals surface area contributed by atoms with E-state index in [1.165, 1.54) is 14.2 Å². The maximum absolute atomic E-state index is 12.8. The molecule has 30 heavy (non-hydrogen) atoms. The summed E-state index contributed by atoms with van der Waals surface area (Å²) in [5, 5.41) is 4.33. The number of amides is 1. The van der Waals surface area contributed by atoms with Gasteiger partial charge in [0.15, 0.2) is 0 Å². The standard InChI is InChI=1S/C23H20N2O5/c1-13-16(23(27)30-20-11-14(28-2)10-19(29-3)22(13)20)12-21(26)25-18-8-4-7-17-15(18)6-5-9-24-17/h4-11H,12H2,1-3H3,(H,25,26). The van der Waals surface area contributed by atoms with Crippen LogP contribution in [0.3, 0.4) is 0 Å². The second kappa shape index (κ2) is 7.87. The van der Waals surface area contributed by atoms with Crippen molar-refractivity contribution in [1.82, 2.24) is 4.98 Å². The second-order valence-electron chi connectivity index (χ2n) is 6.80. The van der Waals surface area contributed by atoms with Gasteiger partial charge in [0.05, 0.1) is 42.8 Å². The number of carbonyl (C=O) groups excluding carboxylic acids is 1. The molecular weight excluding hydrogens is 384 g/mol. The number of fused-ring (bicyclic) bond motifs is 2. The lowest BCUT2D eigenvalue weighted by molar-refractivity contribution is -0.115. The van der Waals surface area contributed by atoms with Crippen LogP contribution in [0.25, 0.3) is 21.9 Å². The fraction of sp³-hybridized carbons (Fsp3) is 0.174. The first-order valence-corrected chi connectivity index (χ1v) is 9.33. The molecule has 152 valence electrons. The fourth-order valence-electron chi connectivity index (χ4n) is 3.53. The number of carbonyl (C=O) groups is 1. The molecule has 0 radical (unpaired) electrons. The Bertz CT molecular complexity index is 1320. The number of ether oxygens (including phenoxy) is 2. The van der Waals surface area contributed by atoms with Gasteiger partial charge in [0, 0.05) is 23.7 Å². The summed E-state index contributed by atoms with van der Waals surface area (Å²) in [5.74, 6) is 0.693. The van der Waals surface area contributed by atoms with Gasteiger partial charge in [-0.3, -0.25) is 9.78 Å². The number of nitrogens with zero attached hydrogens (tertiary/aromatic N) is 1. The lowest BCUT2D eigenvalue weighted by atomic mass is 10.0. The molecule has 4 aromatic rings. The molecule has 2 aromatic heterocycles. The van der Waals surface area contributed by atoms with Crippen LogP contribution in [0.1, 0.15) is 11.1 Å². The summed E-state index contributed by atoms with van der Waals surface area (Å²) in [7, 11) is 3.05. The molecule has 1 amide bonds. The molecule has 0 atom stereocenters. The Morgan fingerprint density at radius 3 is 2.73 bits per heavy atom. The van der Waals surface area contributed by atoms with Crippen molar-refractivity contribution in [2.45, 2.75) is 13.3 Å². The summed E-state index contributed by atoms with van der Waals surface area (Å²) < 4.78 is 16.1. The maximum Gasteiger partial charge on any atom is 0.340 e. The highest BCUT2D eigenvalue weighted by molar-refractivity contribution is 6.02. The number of methoxy groups -OCH3 is 2. The Morgan fingerprint density at radius 2 is 1.97 bits per heavy atom. The van der Waals surface area contributed by atoms with E-state index in [1.54, 1.807) is 37.4 Å². The monoisotopic (exact) mass is 404 g/mol. The average molecular weight is 404 g/mol. The molecule has 0 aliphatic carbocycles. The second-order valence-corrected chi connectivity index (χ2v) is 6.80. The average Bonchev–Trinajstić information content (AvgIpc) is 2.76. The minimum absolute atomic E-state index is 0.129. The van der Waals surface area contributed by atoms with Crippen LogP contribution in [0.5, 0.6) is 11.5 Å². The minimum atomic E-state index is -0.565. The Kier molecular flexibility index (Phi) is 5.10. The van der Waals surface area contributed by atoms with Crippen molar-refractivity contribution in [3.8, 4) is 11.5 Å². The van der Waals surface area contributed by atoms with Gasteiger partial charge in [-0.05, 0) is 36.8 Å². The lowest BCUT2D eigenvalue weighted by Gasteiger charge is -2.13. The molecular formula is C23H20N2O5. The molecule has 0 fully saturated rings. The van der Waals surface area contributed by atoms with Crippen LogP contribution in [0, 0.1) is 6.92 Å². The van der Waals surface area contributed by atoms with Crippen molar-refractivity contribution < 1.29 is 18.7 Å². The number of pyridine rings is 1. The highest BCUT2D eigenvalue weighted by atomic mass is 16.5. The van der Waals surface area contributed by atoms with Crippen LogP contribution in [-0.2, 0) is 11.2 Å². The zero-order valence-electron chi connectivity index (χ0n) is 16.8. The van der Waals surface area contributed by atoms with Gasteiger partial charge in [0.2, 0.25) is 5.91 Å². The maximum atomic E-state index is 12.8. The summed E-state index contributed by atoms with van der Waals surface area (Å²) in [5.41, 5.74) is 2.10. The third-order valence-corrected chi connectivity index (χ3v) is 5.03. The molecule has 2 heterocycles. The van der Waals surface area contributed by atoms with Crippen molar-refractivity contribution in [2.24, 2.45) is 0 Å². The van der Waals surface area contributed by atoms with E-state index in [-0.39, 0.29) is 17.9 Å². The van der Waals surface area contributed by atoms with E-state index in [2.05, 4.69) is 10.3 Å². The number of aromatic nitrogens is 1. The van der Waals surface area contributed by atoms with Gasteiger partial charge < -0.3 is 19.2 Å². The quantitative estimate of drug-likeness (QED) is 0.508. The largest absolute Gasteiger partial charge is 0.496 e. The predicted molar refractivity (Wildman–Crippen MR) is 114 cm³/mol. The SMILES string of the molecule is COc1cc(OC)c2c(C)c(CC(=O)Nc3cccc4ncccc34)c(=O)oc2c1. The third-order valence-electron chi connectivity index (χ3n) is 5.03. The zero-order chi connectivity index (χ0) is 21.3. The van der Waals surface area contributed by atoms with E-state index in [1.807, 2.05) is 18.2 Å². The van der Waals surface area contributed by atoms with Gasteiger partial charge >= 0.3 is 5.63 Å². The van der Waals surface area contributed by atoms with E-state index < -0.39 is 5.63 Å². The smallest absolute Gasteiger partial charge is 0.340 e. The van der Waals surface area contributed by atoms with E-state index in [9.17, 15) is 9.59 Å². The molecule has 1 N–H and O–H groups in total. The number of hydrogen-bond acceptors (Lipinski definition) is 6. The Hall–Kier alpha value is -3.87. The lowest BCUT2D eigenvalue weighted by Crippen LogP contribution is -2.21. The van der Waals surface area contributed by atoms with Crippen LogP contribution >= 0.6 is 0 Å². The Balaban J connectivity index is 1.71. The number of hydrogen-bond donors (Lipinski definition) is 1. The molecule has 7 heteroatoms. The van der Waals surface area contributed by atoms with E-state index in [0.717, 1.165) is 10.9 Å². The molecule has 0 aliphatic rings. The normalized spacial score (nSPS) is 10.9. The number of anilines is 1. The van der Waals surface area contributed by atoms with Crippen molar-refractivity contribution >= 4 is 33.5 Å². The van der Waals surface area contributed by atoms with E-state index in [0.29, 0.717) is 33.7 Å². The number of benzene rings is 2. The molecule has 0 aliphatic heterocycles. The number of nitrogens with one attached hydrogen (secondary N) is 1. The first kappa shape index (κ1) is 19.4. The third kappa shape index (κ3) is 3.45. The first-order chi connectivity index (χ1) is 14.5. The van der Waals surface area contributed by atoms with Gasteiger partial charge in [-0.2, -0.15) is 0 Å². The van der Waals surface area contributed by atoms with Gasteiger partial charge in [0.1, 0.15) is 17.1 Å². The van der Waals surface area contributed by atoms with Crippen molar-refractivity contribution in [2.75, 3.05) is 19.5 Å². The summed E-state index contributed by atoms with van der Waals surface area (Å²) in [6, 6.07) is 12.5. The van der Waals surface area contributed by atoms with Gasteiger partial charge in [-0.25, -0.2) is 4.79 Å². The van der Waals surface area contributed by atoms with Gasteiger partial charge in [-0.15, -0.1) is 0 Å². The molecule has 7 nitrogen and oxygen atoms in total. The van der Waals surface area contributed by atoms with Crippen LogP contribution < -0.4 is 20.4 Å². The van der Waals surface area contributed by atoms with Crippen LogP contribution in [0.2, 0.25) is 0 Å². The van der Waals surface area contributed by atoms with Crippen molar-refractivity contribution in [1.29, 1.82) is 0 Å². The molecule has 0 spiro atoms. The van der Waals surface area contributed by atoms with Crippen molar-refractivity contribution in [3.05, 3.63) is 70.2 Å². The molecule has 2 aromatic carbocycles. The fourth-order valence-corrected chi connectivity index (χ4v) is 3.53. The molecule has 0 saturated carbocycles. The van der Waals surface area contributed by atoms with Crippen LogP contribution in [0.15, 0.2) is 57.9 Å². The summed E-state index contributed by atoms with van der Waals surface area (Å²) in [6.07, 6.45) is 1.57. The van der Waals surface area contributed by atoms with Crippen molar-refractivity contribution in [3.63, 3.8) is 0 Å². The van der Waals surface area contributed by atoms with Crippen LogP contribution in [-0.4, -0.2) is 25.1 Å². The molecule has 4 rings (SSSR count). The van der Waals surface area contributed by atoms with Gasteiger partial charge in [0.25, 0.3) is 0 Å². The Labute approximate surface area is 172 Å². The zero-order valence-corrected chi connectivity index (χ0v) is 16.8. The molecule has 0 saturated heterocycles. The summed E-state index contributed by atoms with van der Waals surface area (Å²) in [4.78, 5) is 29.7. The minimum Gasteiger partial charge on any atom is -0.496 e. The van der Waals surface area contributed by atoms with Gasteiger partial charge in [-0.1, -0.05) is 6.07 Å². The topological polar surface area (TPSA) is 90.7 Å². The first-order valence-electron chi connectivity index (χ1n) is 9.33. The highest BCUT2D eigenvalue weighted by Gasteiger charge is 2.19. The van der Waals surface area contributed by atoms with E-state index >= 15 is 0 Å². The number of rotatable bonds is 5. The number of aryl methyl sites for hydroxylation is 1. The molecule has 0 bridgehead atoms. The van der Waals surface area contributed by atoms with E-state index in [4.69, 9.17) is 13.9 Å². The predicted octanol–water partition coefficient (Wildman–Crippen LogP) is 3.85. The summed E-state index contributed by atoms with van der Waals surface area (Å²) in [6.45, 7) is 1.78. The Morgan fingerprint density at radius 1 is 1.13 bits per heavy atom. The summed E-state index contributed by atoms with van der Waals surface area (Å²) >= 11 is 0.